The first-order valence-corrected chi connectivity index (χ1v) is 7.88. The Morgan fingerprint density at radius 1 is 1.33 bits per heavy atom. The Kier molecular flexibility index (Phi) is 5.64. The lowest BCUT2D eigenvalue weighted by Crippen LogP contribution is -2.39. The summed E-state index contributed by atoms with van der Waals surface area (Å²) in [6, 6.07) is 6.60. The van der Waals surface area contributed by atoms with E-state index in [4.69, 9.17) is 16.3 Å². The first kappa shape index (κ1) is 17.6. The molecule has 0 saturated heterocycles. The number of benzene rings is 1. The van der Waals surface area contributed by atoms with Crippen LogP contribution in [0, 0.1) is 0 Å². The van der Waals surface area contributed by atoms with Gasteiger partial charge in [-0.15, -0.1) is 10.2 Å². The number of nitrogens with zero attached hydrogens (tertiary/aromatic N) is 3. The third-order valence-corrected chi connectivity index (χ3v) is 4.21. The minimum Gasteiger partial charge on any atom is -0.497 e. The van der Waals surface area contributed by atoms with Crippen molar-refractivity contribution in [3.05, 3.63) is 35.7 Å². The Labute approximate surface area is 142 Å². The van der Waals surface area contributed by atoms with E-state index in [1.165, 1.54) is 4.68 Å². The summed E-state index contributed by atoms with van der Waals surface area (Å²) in [6.07, 6.45) is 0.482. The predicted molar refractivity (Wildman–Crippen MR) is 89.0 cm³/mol. The first-order valence-electron chi connectivity index (χ1n) is 7.00. The number of nitrogen functional groups attached to an aromatic ring is 1. The summed E-state index contributed by atoms with van der Waals surface area (Å²) in [5, 5.41) is 9.79. The molecule has 0 saturated carbocycles. The van der Waals surface area contributed by atoms with Gasteiger partial charge in [-0.1, -0.05) is 23.9 Å². The predicted octanol–water partition coefficient (Wildman–Crippen LogP) is 0.267. The molecule has 24 heavy (non-hydrogen) atoms. The molecular formula is C14H18N6O3S. The van der Waals surface area contributed by atoms with Gasteiger partial charge < -0.3 is 16.3 Å². The lowest BCUT2D eigenvalue weighted by atomic mass is 10.1. The maximum atomic E-state index is 11.7. The number of rotatable bonds is 6. The second-order valence-corrected chi connectivity index (χ2v) is 6.22. The van der Waals surface area contributed by atoms with Gasteiger partial charge in [0, 0.05) is 6.42 Å². The van der Waals surface area contributed by atoms with Crippen molar-refractivity contribution in [2.24, 2.45) is 5.73 Å². The molecule has 0 bridgehead atoms. The van der Waals surface area contributed by atoms with Crippen LogP contribution in [0.5, 0.6) is 5.75 Å². The highest BCUT2D eigenvalue weighted by Crippen LogP contribution is 2.22. The van der Waals surface area contributed by atoms with Crippen LogP contribution >= 0.6 is 11.8 Å². The Hall–Kier alpha value is -2.75. The van der Waals surface area contributed by atoms with Crippen LogP contribution in [0.1, 0.15) is 18.3 Å². The fourth-order valence-corrected chi connectivity index (χ4v) is 2.66. The quantitative estimate of drug-likeness (QED) is 0.502. The topological polar surface area (TPSA) is 138 Å². The fourth-order valence-electron chi connectivity index (χ4n) is 1.87. The second-order valence-electron chi connectivity index (χ2n) is 4.91. The summed E-state index contributed by atoms with van der Waals surface area (Å²) >= 11 is 1.08. The van der Waals surface area contributed by atoms with Crippen molar-refractivity contribution in [2.75, 3.05) is 13.0 Å². The molecule has 9 nitrogen and oxygen atoms in total. The van der Waals surface area contributed by atoms with Crippen LogP contribution in [0.15, 0.2) is 29.4 Å². The molecule has 0 spiro atoms. The second kappa shape index (κ2) is 7.68. The lowest BCUT2D eigenvalue weighted by Gasteiger charge is -2.09. The largest absolute Gasteiger partial charge is 0.497 e. The highest BCUT2D eigenvalue weighted by molar-refractivity contribution is 8.00. The lowest BCUT2D eigenvalue weighted by molar-refractivity contribution is -0.119. The van der Waals surface area contributed by atoms with E-state index in [-0.39, 0.29) is 0 Å². The Bertz CT molecular complexity index is 731. The van der Waals surface area contributed by atoms with Crippen LogP contribution in [-0.4, -0.2) is 39.2 Å². The average Bonchev–Trinajstić information content (AvgIpc) is 2.88. The summed E-state index contributed by atoms with van der Waals surface area (Å²) in [4.78, 5) is 22.4. The van der Waals surface area contributed by atoms with Gasteiger partial charge in [0.15, 0.2) is 5.82 Å². The number of hydrogen-bond acceptors (Lipinski definition) is 7. The van der Waals surface area contributed by atoms with E-state index < -0.39 is 17.2 Å². The van der Waals surface area contributed by atoms with Crippen LogP contribution in [0.3, 0.4) is 0 Å². The number of hydrogen-bond donors (Lipinski definition) is 3. The first-order chi connectivity index (χ1) is 11.4. The molecule has 3 amide bonds. The van der Waals surface area contributed by atoms with Gasteiger partial charge in [-0.3, -0.25) is 10.1 Å². The van der Waals surface area contributed by atoms with Gasteiger partial charge in [0.25, 0.3) is 0 Å². The molecule has 2 rings (SSSR count). The molecule has 0 aliphatic heterocycles. The van der Waals surface area contributed by atoms with E-state index in [2.05, 4.69) is 10.2 Å². The van der Waals surface area contributed by atoms with Crippen LogP contribution in [0.2, 0.25) is 0 Å². The summed E-state index contributed by atoms with van der Waals surface area (Å²) in [5.41, 5.74) is 5.91. The number of aromatic nitrogens is 3. The van der Waals surface area contributed by atoms with Gasteiger partial charge in [0.05, 0.1) is 12.4 Å². The molecule has 0 aliphatic carbocycles. The molecule has 0 unspecified atom stereocenters. The number of nitrogens with two attached hydrogens (primary N) is 2. The minimum absolute atomic E-state index is 0.366. The van der Waals surface area contributed by atoms with Crippen molar-refractivity contribution in [1.29, 1.82) is 0 Å². The summed E-state index contributed by atoms with van der Waals surface area (Å²) in [6.45, 7) is 1.61. The van der Waals surface area contributed by atoms with Gasteiger partial charge in [0.1, 0.15) is 5.75 Å². The average molecular weight is 350 g/mol. The molecule has 0 fully saturated rings. The number of thioether (sulfide) groups is 1. The summed E-state index contributed by atoms with van der Waals surface area (Å²) < 4.78 is 6.43. The number of urea groups is 1. The van der Waals surface area contributed by atoms with Crippen LogP contribution in [0.4, 0.5) is 4.79 Å². The molecule has 128 valence electrons. The van der Waals surface area contributed by atoms with Crippen molar-refractivity contribution < 1.29 is 14.3 Å². The molecule has 0 radical (unpaired) electrons. The van der Waals surface area contributed by atoms with E-state index in [0.717, 1.165) is 23.1 Å². The van der Waals surface area contributed by atoms with Crippen molar-refractivity contribution >= 4 is 23.7 Å². The standard InChI is InChI=1S/C14H18N6O3S/c1-8(12(21)17-13(15)22)24-14-19-18-11(20(14)16)7-9-3-5-10(23-2)6-4-9/h3-6,8H,7,16H2,1-2H3,(H3,15,17,21,22)/t8-/m0/s1. The van der Waals surface area contributed by atoms with Gasteiger partial charge in [-0.2, -0.15) is 0 Å². The number of carbonyl (C=O) groups excluding carboxylic acids is 2. The summed E-state index contributed by atoms with van der Waals surface area (Å²) in [5.74, 6) is 6.77. The van der Waals surface area contributed by atoms with Crippen LogP contribution in [0.25, 0.3) is 0 Å². The number of carbonyl (C=O) groups is 2. The Morgan fingerprint density at radius 2 is 2.00 bits per heavy atom. The number of primary amides is 1. The molecule has 2 aromatic rings. The summed E-state index contributed by atoms with van der Waals surface area (Å²) in [7, 11) is 1.60. The molecule has 10 heteroatoms. The molecule has 1 atom stereocenters. The minimum atomic E-state index is -0.901. The van der Waals surface area contributed by atoms with Gasteiger partial charge in [0.2, 0.25) is 11.1 Å². The van der Waals surface area contributed by atoms with Gasteiger partial charge in [-0.05, 0) is 24.6 Å². The van der Waals surface area contributed by atoms with Gasteiger partial charge in [-0.25, -0.2) is 9.47 Å². The third kappa shape index (κ3) is 4.38. The molecule has 1 heterocycles. The maximum Gasteiger partial charge on any atom is 0.318 e. The van der Waals surface area contributed by atoms with E-state index in [1.807, 2.05) is 29.6 Å². The SMILES string of the molecule is COc1ccc(Cc2nnc(S[C@@H](C)C(=O)NC(N)=O)n2N)cc1. The Morgan fingerprint density at radius 3 is 2.58 bits per heavy atom. The highest BCUT2D eigenvalue weighted by atomic mass is 32.2. The zero-order chi connectivity index (χ0) is 17.7. The smallest absolute Gasteiger partial charge is 0.318 e. The van der Waals surface area contributed by atoms with Crippen molar-refractivity contribution in [3.8, 4) is 5.75 Å². The zero-order valence-electron chi connectivity index (χ0n) is 13.2. The van der Waals surface area contributed by atoms with E-state index in [1.54, 1.807) is 14.0 Å². The Balaban J connectivity index is 2.04. The van der Waals surface area contributed by atoms with E-state index in [9.17, 15) is 9.59 Å². The number of ether oxygens (including phenoxy) is 1. The number of methoxy groups -OCH3 is 1. The van der Waals surface area contributed by atoms with Crippen molar-refractivity contribution in [2.45, 2.75) is 23.8 Å². The number of amides is 3. The number of nitrogens with one attached hydrogen (secondary N) is 1. The monoisotopic (exact) mass is 350 g/mol. The van der Waals surface area contributed by atoms with E-state index in [0.29, 0.717) is 17.4 Å². The fraction of sp³-hybridized carbons (Fsp3) is 0.286. The van der Waals surface area contributed by atoms with Crippen molar-refractivity contribution in [1.82, 2.24) is 20.2 Å². The molecule has 0 aliphatic rings. The van der Waals surface area contributed by atoms with Crippen LogP contribution < -0.4 is 21.6 Å². The highest BCUT2D eigenvalue weighted by Gasteiger charge is 2.20. The number of imide groups is 1. The molecule has 1 aromatic heterocycles. The normalized spacial score (nSPS) is 11.8. The van der Waals surface area contributed by atoms with Crippen molar-refractivity contribution in [3.63, 3.8) is 0 Å². The van der Waals surface area contributed by atoms with E-state index >= 15 is 0 Å². The van der Waals surface area contributed by atoms with Gasteiger partial charge >= 0.3 is 6.03 Å². The zero-order valence-corrected chi connectivity index (χ0v) is 14.0. The molecule has 1 aromatic carbocycles. The third-order valence-electron chi connectivity index (χ3n) is 3.15. The van der Waals surface area contributed by atoms with Crippen LogP contribution in [-0.2, 0) is 11.2 Å². The molecule has 5 N–H and O–H groups in total. The maximum absolute atomic E-state index is 11.7. The molecular weight excluding hydrogens is 332 g/mol.